The van der Waals surface area contributed by atoms with Gasteiger partial charge in [0.1, 0.15) is 5.75 Å². The Balaban J connectivity index is 1.98. The molecule has 150 valence electrons. The summed E-state index contributed by atoms with van der Waals surface area (Å²) in [4.78, 5) is 26.3. The minimum absolute atomic E-state index is 0.00312. The summed E-state index contributed by atoms with van der Waals surface area (Å²) in [5.41, 5.74) is 1.24. The third kappa shape index (κ3) is 7.24. The number of esters is 1. The van der Waals surface area contributed by atoms with Crippen LogP contribution in [0.1, 0.15) is 63.9 Å². The fourth-order valence-electron chi connectivity index (χ4n) is 3.62. The minimum Gasteiger partial charge on any atom is -0.484 e. The standard InChI is InChI=1S/C22H33NO4/c1-3-18-11-13-20(14-12-18)27-17-21(24)23(16-15-22(25)26-2)19-9-7-5-4-6-8-10-19/h11-14,19H,3-10,15-17H2,1-2H3. The lowest BCUT2D eigenvalue weighted by Crippen LogP contribution is -2.44. The van der Waals surface area contributed by atoms with Crippen LogP contribution in [0, 0.1) is 0 Å². The first-order valence-corrected chi connectivity index (χ1v) is 10.2. The first-order chi connectivity index (χ1) is 13.1. The summed E-state index contributed by atoms with van der Waals surface area (Å²) >= 11 is 0. The molecule has 0 radical (unpaired) electrons. The summed E-state index contributed by atoms with van der Waals surface area (Å²) in [5, 5.41) is 0. The van der Waals surface area contributed by atoms with Crippen molar-refractivity contribution in [1.82, 2.24) is 4.90 Å². The molecule has 1 aromatic rings. The van der Waals surface area contributed by atoms with Crippen LogP contribution in [0.4, 0.5) is 0 Å². The predicted molar refractivity (Wildman–Crippen MR) is 106 cm³/mol. The third-order valence-corrected chi connectivity index (χ3v) is 5.31. The van der Waals surface area contributed by atoms with Gasteiger partial charge >= 0.3 is 5.97 Å². The number of hydrogen-bond donors (Lipinski definition) is 0. The number of aryl methyl sites for hydroxylation is 1. The van der Waals surface area contributed by atoms with E-state index in [0.29, 0.717) is 12.3 Å². The zero-order valence-corrected chi connectivity index (χ0v) is 16.7. The second-order valence-corrected chi connectivity index (χ2v) is 7.20. The van der Waals surface area contributed by atoms with Crippen LogP contribution in [0.25, 0.3) is 0 Å². The Bertz CT molecular complexity index is 576. The molecule has 5 heteroatoms. The number of rotatable bonds is 8. The Hall–Kier alpha value is -2.04. The molecule has 0 aromatic heterocycles. The summed E-state index contributed by atoms with van der Waals surface area (Å²) in [7, 11) is 1.38. The summed E-state index contributed by atoms with van der Waals surface area (Å²) in [6.07, 6.45) is 9.17. The van der Waals surface area contributed by atoms with E-state index in [1.54, 1.807) is 0 Å². The van der Waals surface area contributed by atoms with E-state index in [4.69, 9.17) is 9.47 Å². The average Bonchev–Trinajstić information content (AvgIpc) is 2.67. The van der Waals surface area contributed by atoms with Gasteiger partial charge in [0, 0.05) is 12.6 Å². The molecule has 1 fully saturated rings. The van der Waals surface area contributed by atoms with Gasteiger partial charge in [-0.1, -0.05) is 51.2 Å². The van der Waals surface area contributed by atoms with Crippen LogP contribution in [-0.2, 0) is 20.7 Å². The minimum atomic E-state index is -0.283. The first kappa shape index (κ1) is 21.3. The second kappa shape index (κ2) is 11.6. The van der Waals surface area contributed by atoms with Crippen molar-refractivity contribution in [2.75, 3.05) is 20.3 Å². The van der Waals surface area contributed by atoms with E-state index in [1.165, 1.54) is 31.9 Å². The molecule has 1 aliphatic rings. The lowest BCUT2D eigenvalue weighted by atomic mass is 9.95. The van der Waals surface area contributed by atoms with E-state index in [2.05, 4.69) is 6.92 Å². The van der Waals surface area contributed by atoms with Crippen molar-refractivity contribution in [2.24, 2.45) is 0 Å². The number of amides is 1. The quantitative estimate of drug-likeness (QED) is 0.641. The van der Waals surface area contributed by atoms with Crippen molar-refractivity contribution in [3.05, 3.63) is 29.8 Å². The van der Waals surface area contributed by atoms with E-state index in [-0.39, 0.29) is 30.9 Å². The molecule has 0 atom stereocenters. The van der Waals surface area contributed by atoms with E-state index >= 15 is 0 Å². The maximum absolute atomic E-state index is 12.9. The van der Waals surface area contributed by atoms with Crippen LogP contribution in [0.3, 0.4) is 0 Å². The maximum atomic E-state index is 12.9. The highest BCUT2D eigenvalue weighted by Gasteiger charge is 2.25. The number of ether oxygens (including phenoxy) is 2. The van der Waals surface area contributed by atoms with E-state index in [1.807, 2.05) is 29.2 Å². The highest BCUT2D eigenvalue weighted by molar-refractivity contribution is 5.79. The molecule has 1 aromatic carbocycles. The van der Waals surface area contributed by atoms with Gasteiger partial charge in [-0.15, -0.1) is 0 Å². The van der Waals surface area contributed by atoms with Crippen LogP contribution >= 0.6 is 0 Å². The average molecular weight is 376 g/mol. The van der Waals surface area contributed by atoms with E-state index < -0.39 is 0 Å². The van der Waals surface area contributed by atoms with Gasteiger partial charge in [0.25, 0.3) is 5.91 Å². The Morgan fingerprint density at radius 1 is 1.04 bits per heavy atom. The summed E-state index contributed by atoms with van der Waals surface area (Å²) in [6.45, 7) is 2.50. The molecule has 0 bridgehead atoms. The number of carbonyl (C=O) groups is 2. The Morgan fingerprint density at radius 2 is 1.67 bits per heavy atom. The fourth-order valence-corrected chi connectivity index (χ4v) is 3.62. The van der Waals surface area contributed by atoms with Crippen LogP contribution in [0.5, 0.6) is 5.75 Å². The molecule has 0 saturated heterocycles. The molecule has 5 nitrogen and oxygen atoms in total. The Labute approximate surface area is 163 Å². The number of benzene rings is 1. The summed E-state index contributed by atoms with van der Waals surface area (Å²) < 4.78 is 10.5. The molecule has 0 spiro atoms. The van der Waals surface area contributed by atoms with Crippen molar-refractivity contribution in [1.29, 1.82) is 0 Å². The molecular weight excluding hydrogens is 342 g/mol. The van der Waals surface area contributed by atoms with Gasteiger partial charge in [-0.3, -0.25) is 9.59 Å². The number of hydrogen-bond acceptors (Lipinski definition) is 4. The zero-order chi connectivity index (χ0) is 19.5. The first-order valence-electron chi connectivity index (χ1n) is 10.2. The smallest absolute Gasteiger partial charge is 0.307 e. The monoisotopic (exact) mass is 375 g/mol. The van der Waals surface area contributed by atoms with Crippen molar-refractivity contribution >= 4 is 11.9 Å². The molecule has 1 aliphatic carbocycles. The van der Waals surface area contributed by atoms with Crippen LogP contribution in [-0.4, -0.2) is 43.1 Å². The SMILES string of the molecule is CCc1ccc(OCC(=O)N(CCC(=O)OC)C2CCCCCCC2)cc1. The van der Waals surface area contributed by atoms with Gasteiger partial charge in [-0.25, -0.2) is 0 Å². The lowest BCUT2D eigenvalue weighted by Gasteiger charge is -2.33. The molecular formula is C22H33NO4. The Morgan fingerprint density at radius 3 is 2.26 bits per heavy atom. The number of carbonyl (C=O) groups excluding carboxylic acids is 2. The van der Waals surface area contributed by atoms with Crippen LogP contribution < -0.4 is 4.74 Å². The highest BCUT2D eigenvalue weighted by atomic mass is 16.5. The third-order valence-electron chi connectivity index (χ3n) is 5.31. The largest absolute Gasteiger partial charge is 0.484 e. The highest BCUT2D eigenvalue weighted by Crippen LogP contribution is 2.22. The van der Waals surface area contributed by atoms with E-state index in [9.17, 15) is 9.59 Å². The fraction of sp³-hybridized carbons (Fsp3) is 0.636. The summed E-state index contributed by atoms with van der Waals surface area (Å²) in [6, 6.07) is 8.03. The zero-order valence-electron chi connectivity index (χ0n) is 16.7. The molecule has 0 aliphatic heterocycles. The lowest BCUT2D eigenvalue weighted by molar-refractivity contribution is -0.143. The van der Waals surface area contributed by atoms with Crippen molar-refractivity contribution in [2.45, 2.75) is 70.8 Å². The van der Waals surface area contributed by atoms with Gasteiger partial charge in [0.2, 0.25) is 0 Å². The van der Waals surface area contributed by atoms with E-state index in [0.717, 1.165) is 32.1 Å². The topological polar surface area (TPSA) is 55.8 Å². The predicted octanol–water partition coefficient (Wildman–Crippen LogP) is 4.13. The van der Waals surface area contributed by atoms with Crippen LogP contribution in [0.15, 0.2) is 24.3 Å². The van der Waals surface area contributed by atoms with Crippen molar-refractivity contribution < 1.29 is 19.1 Å². The van der Waals surface area contributed by atoms with Crippen molar-refractivity contribution in [3.63, 3.8) is 0 Å². The van der Waals surface area contributed by atoms with Gasteiger partial charge < -0.3 is 14.4 Å². The maximum Gasteiger partial charge on any atom is 0.307 e. The summed E-state index contributed by atoms with van der Waals surface area (Å²) in [5.74, 6) is 0.366. The van der Waals surface area contributed by atoms with Crippen LogP contribution in [0.2, 0.25) is 0 Å². The molecule has 0 heterocycles. The molecule has 27 heavy (non-hydrogen) atoms. The van der Waals surface area contributed by atoms with Crippen molar-refractivity contribution in [3.8, 4) is 5.75 Å². The van der Waals surface area contributed by atoms with Gasteiger partial charge in [0.05, 0.1) is 13.5 Å². The van der Waals surface area contributed by atoms with Gasteiger partial charge in [0.15, 0.2) is 6.61 Å². The normalized spacial score (nSPS) is 15.5. The molecule has 1 saturated carbocycles. The van der Waals surface area contributed by atoms with Gasteiger partial charge in [-0.05, 0) is 37.0 Å². The molecule has 1 amide bonds. The molecule has 0 unspecified atom stereocenters. The molecule has 2 rings (SSSR count). The second-order valence-electron chi connectivity index (χ2n) is 7.20. The Kier molecular flexibility index (Phi) is 9.16. The van der Waals surface area contributed by atoms with Gasteiger partial charge in [-0.2, -0.15) is 0 Å². The number of nitrogens with zero attached hydrogens (tertiary/aromatic N) is 1. The number of methoxy groups -OCH3 is 1. The molecule has 0 N–H and O–H groups in total.